The molecule has 9 saturated carbocycles. The minimum Gasteiger partial charge on any atom is -0.106 e. The molecule has 0 nitrogen and oxygen atoms in total. The van der Waals surface area contributed by atoms with Gasteiger partial charge in [-0.15, -0.1) is 39.5 Å². The van der Waals surface area contributed by atoms with Crippen LogP contribution in [0.5, 0.6) is 0 Å². The Bertz CT molecular complexity index is 520. The van der Waals surface area contributed by atoms with Crippen molar-refractivity contribution in [3.63, 3.8) is 0 Å². The van der Waals surface area contributed by atoms with Gasteiger partial charge in [0.25, 0.3) is 0 Å². The zero-order valence-electron chi connectivity index (χ0n) is 23.5. The standard InChI is InChI=1S/C11H18.C9H16.C8H14.3C2H4/c1-7-10-3-8-2-9(5-10)6-11(7)4-8;1-7-6-8-2-4-9(7)5-3-8;1-6-4-7-2-3-8(6)5-7;3*1-2/h7-11H,2-6H2,1H3;7-9H,2-6H2,1H3;6-8H,2-5H2,1H3;3*1-2H2. The van der Waals surface area contributed by atoms with Crippen molar-refractivity contribution < 1.29 is 0 Å². The second-order valence-electron chi connectivity index (χ2n) is 12.9. The number of rotatable bonds is 0. The van der Waals surface area contributed by atoms with Crippen LogP contribution in [0.1, 0.15) is 111 Å². The summed E-state index contributed by atoms with van der Waals surface area (Å²) in [5, 5.41) is 0. The van der Waals surface area contributed by atoms with Gasteiger partial charge < -0.3 is 0 Å². The third-order valence-corrected chi connectivity index (χ3v) is 11.2. The molecular weight excluding hydrogens is 408 g/mol. The van der Waals surface area contributed by atoms with Gasteiger partial charge in [-0.2, -0.15) is 0 Å². The lowest BCUT2D eigenvalue weighted by atomic mass is 9.52. The van der Waals surface area contributed by atoms with Crippen molar-refractivity contribution in [2.75, 3.05) is 0 Å². The Hall–Kier alpha value is -0.780. The Labute approximate surface area is 215 Å². The van der Waals surface area contributed by atoms with E-state index < -0.39 is 0 Å². The van der Waals surface area contributed by atoms with E-state index in [1.807, 2.05) is 0 Å². The van der Waals surface area contributed by atoms with Crippen molar-refractivity contribution in [2.24, 2.45) is 65.1 Å². The maximum absolute atomic E-state index is 3.00. The fraction of sp³-hybridized carbons (Fsp3) is 0.824. The molecule has 9 rings (SSSR count). The summed E-state index contributed by atoms with van der Waals surface area (Å²) in [7, 11) is 0. The van der Waals surface area contributed by atoms with Gasteiger partial charge in [0, 0.05) is 0 Å². The van der Waals surface area contributed by atoms with Crippen LogP contribution in [0.25, 0.3) is 0 Å². The average molecular weight is 469 g/mol. The predicted molar refractivity (Wildman–Crippen MR) is 154 cm³/mol. The Morgan fingerprint density at radius 2 is 0.735 bits per heavy atom. The van der Waals surface area contributed by atoms with Crippen LogP contribution in [-0.4, -0.2) is 0 Å². The van der Waals surface area contributed by atoms with Crippen LogP contribution < -0.4 is 0 Å². The molecule has 0 amide bonds. The molecule has 4 unspecified atom stereocenters. The first kappa shape index (κ1) is 29.5. The first-order valence-corrected chi connectivity index (χ1v) is 15.0. The fourth-order valence-electron chi connectivity index (χ4n) is 9.47. The zero-order chi connectivity index (χ0) is 25.3. The number of hydrogen-bond acceptors (Lipinski definition) is 0. The minimum absolute atomic E-state index is 1.07. The van der Waals surface area contributed by atoms with E-state index >= 15 is 0 Å². The molecule has 8 bridgehead atoms. The first-order chi connectivity index (χ1) is 16.5. The first-order valence-electron chi connectivity index (χ1n) is 15.0. The highest BCUT2D eigenvalue weighted by Gasteiger charge is 2.46. The summed E-state index contributed by atoms with van der Waals surface area (Å²) < 4.78 is 0. The van der Waals surface area contributed by atoms with E-state index in [1.165, 1.54) is 0 Å². The lowest BCUT2D eigenvalue weighted by Gasteiger charge is -2.53. The molecule has 9 aliphatic carbocycles. The Morgan fingerprint density at radius 1 is 0.353 bits per heavy atom. The monoisotopic (exact) mass is 468 g/mol. The molecule has 4 atom stereocenters. The summed E-state index contributed by atoms with van der Waals surface area (Å²) in [4.78, 5) is 0. The van der Waals surface area contributed by atoms with E-state index in [0.29, 0.717) is 0 Å². The van der Waals surface area contributed by atoms with Gasteiger partial charge in [0.05, 0.1) is 0 Å². The van der Waals surface area contributed by atoms with E-state index in [4.69, 9.17) is 0 Å². The van der Waals surface area contributed by atoms with Gasteiger partial charge >= 0.3 is 0 Å². The van der Waals surface area contributed by atoms with Crippen molar-refractivity contribution >= 4 is 0 Å². The highest BCUT2D eigenvalue weighted by molar-refractivity contribution is 4.96. The number of fused-ring (bicyclic) bond motifs is 5. The SMILES string of the molecule is C=C.C=C.C=C.CC1C2CC3CC(C2)CC1C3.CC1CC2CCC1C2.CC1CC2CCC1CC2. The van der Waals surface area contributed by atoms with Crippen LogP contribution in [0, 0.1) is 65.1 Å². The summed E-state index contributed by atoms with van der Waals surface area (Å²) in [6.45, 7) is 25.4. The molecule has 0 heteroatoms. The van der Waals surface area contributed by atoms with Gasteiger partial charge in [0.15, 0.2) is 0 Å². The molecule has 34 heavy (non-hydrogen) atoms. The highest BCUT2D eigenvalue weighted by Crippen LogP contribution is 2.56. The van der Waals surface area contributed by atoms with Crippen molar-refractivity contribution in [1.82, 2.24) is 0 Å². The van der Waals surface area contributed by atoms with Crippen molar-refractivity contribution in [1.29, 1.82) is 0 Å². The molecular formula is C34H60. The van der Waals surface area contributed by atoms with E-state index in [9.17, 15) is 0 Å². The normalized spacial score (nSPS) is 45.4. The zero-order valence-corrected chi connectivity index (χ0v) is 23.5. The predicted octanol–water partition coefficient (Wildman–Crippen LogP) is 10.8. The molecule has 0 aromatic rings. The molecule has 0 saturated heterocycles. The van der Waals surface area contributed by atoms with Gasteiger partial charge in [-0.25, -0.2) is 0 Å². The molecule has 0 aromatic carbocycles. The van der Waals surface area contributed by atoms with Crippen molar-refractivity contribution in [2.45, 2.75) is 111 Å². The van der Waals surface area contributed by atoms with Crippen LogP contribution in [0.3, 0.4) is 0 Å². The van der Waals surface area contributed by atoms with Crippen LogP contribution in [0.15, 0.2) is 39.5 Å². The Balaban J connectivity index is 0.000000164. The molecule has 196 valence electrons. The maximum atomic E-state index is 3.00. The van der Waals surface area contributed by atoms with Crippen LogP contribution in [0.4, 0.5) is 0 Å². The van der Waals surface area contributed by atoms with Gasteiger partial charge in [-0.05, 0) is 136 Å². The molecule has 0 aromatic heterocycles. The van der Waals surface area contributed by atoms with Gasteiger partial charge in [-0.3, -0.25) is 0 Å². The number of hydrogen-bond donors (Lipinski definition) is 0. The Morgan fingerprint density at radius 3 is 1.00 bits per heavy atom. The van der Waals surface area contributed by atoms with Gasteiger partial charge in [0.2, 0.25) is 0 Å². The fourth-order valence-corrected chi connectivity index (χ4v) is 9.47. The summed E-state index contributed by atoms with van der Waals surface area (Å²) in [6.07, 6.45) is 21.9. The maximum Gasteiger partial charge on any atom is -0.0381 e. The van der Waals surface area contributed by atoms with Crippen LogP contribution in [-0.2, 0) is 0 Å². The third-order valence-electron chi connectivity index (χ3n) is 11.2. The molecule has 9 fully saturated rings. The summed E-state index contributed by atoms with van der Waals surface area (Å²) in [5.41, 5.74) is 0. The van der Waals surface area contributed by atoms with Gasteiger partial charge in [0.1, 0.15) is 0 Å². The molecule has 0 heterocycles. The smallest absolute Gasteiger partial charge is 0.0381 e. The molecule has 0 spiro atoms. The highest BCUT2D eigenvalue weighted by atomic mass is 14.5. The van der Waals surface area contributed by atoms with E-state index in [1.54, 1.807) is 89.9 Å². The lowest BCUT2D eigenvalue weighted by Crippen LogP contribution is -2.43. The summed E-state index contributed by atoms with van der Waals surface area (Å²) in [5.74, 6) is 12.4. The van der Waals surface area contributed by atoms with E-state index in [2.05, 4.69) is 60.2 Å². The quantitative estimate of drug-likeness (QED) is 0.310. The van der Waals surface area contributed by atoms with E-state index in [-0.39, 0.29) is 0 Å². The molecule has 0 aliphatic heterocycles. The van der Waals surface area contributed by atoms with E-state index in [0.717, 1.165) is 65.1 Å². The largest absolute Gasteiger partial charge is 0.106 e. The van der Waals surface area contributed by atoms with Crippen LogP contribution >= 0.6 is 0 Å². The molecule has 0 radical (unpaired) electrons. The van der Waals surface area contributed by atoms with Crippen molar-refractivity contribution in [3.8, 4) is 0 Å². The molecule has 0 N–H and O–H groups in total. The van der Waals surface area contributed by atoms with Gasteiger partial charge in [-0.1, -0.05) is 40.0 Å². The third kappa shape index (κ3) is 7.36. The average Bonchev–Trinajstić information content (AvgIpc) is 3.50. The van der Waals surface area contributed by atoms with Crippen molar-refractivity contribution in [3.05, 3.63) is 39.5 Å². The summed E-state index contributed by atoms with van der Waals surface area (Å²) >= 11 is 0. The second-order valence-corrected chi connectivity index (χ2v) is 12.9. The second kappa shape index (κ2) is 14.7. The minimum atomic E-state index is 1.07. The molecule has 9 aliphatic rings. The summed E-state index contributed by atoms with van der Waals surface area (Å²) in [6, 6.07) is 0. The topological polar surface area (TPSA) is 0 Å². The van der Waals surface area contributed by atoms with Crippen LogP contribution in [0.2, 0.25) is 0 Å². The lowest BCUT2D eigenvalue weighted by molar-refractivity contribution is -0.0282. The Kier molecular flexibility index (Phi) is 12.7.